The topological polar surface area (TPSA) is 105 Å². The number of nitrogens with zero attached hydrogens (tertiary/aromatic N) is 1. The Balaban J connectivity index is 1.95. The summed E-state index contributed by atoms with van der Waals surface area (Å²) in [6.45, 7) is 0. The van der Waals surface area contributed by atoms with Gasteiger partial charge in [0.25, 0.3) is 0 Å². The van der Waals surface area contributed by atoms with Crippen molar-refractivity contribution in [3.8, 4) is 0 Å². The van der Waals surface area contributed by atoms with E-state index in [1.54, 1.807) is 0 Å². The number of rotatable bonds is 3. The lowest BCUT2D eigenvalue weighted by atomic mass is 10.1. The van der Waals surface area contributed by atoms with Crippen LogP contribution < -0.4 is 10.5 Å². The third-order valence-corrected chi connectivity index (χ3v) is 5.06. The Morgan fingerprint density at radius 3 is 2.76 bits per heavy atom. The molecule has 1 aromatic heterocycles. The quantitative estimate of drug-likeness (QED) is 0.770. The van der Waals surface area contributed by atoms with Crippen molar-refractivity contribution in [1.29, 1.82) is 0 Å². The number of nitrogen functional groups attached to an aromatic ring is 1. The highest BCUT2D eigenvalue weighted by molar-refractivity contribution is 7.89. The zero-order valence-electron chi connectivity index (χ0n) is 11.1. The van der Waals surface area contributed by atoms with E-state index in [0.29, 0.717) is 6.42 Å². The van der Waals surface area contributed by atoms with Gasteiger partial charge in [0, 0.05) is 12.6 Å². The minimum absolute atomic E-state index is 0.0641. The molecule has 6 nitrogen and oxygen atoms in total. The lowest BCUT2D eigenvalue weighted by molar-refractivity contribution is 0.151. The van der Waals surface area contributed by atoms with Crippen LogP contribution in [0.2, 0.25) is 0 Å². The van der Waals surface area contributed by atoms with Gasteiger partial charge >= 0.3 is 0 Å². The molecule has 0 aliphatic heterocycles. The van der Waals surface area contributed by atoms with E-state index in [0.717, 1.165) is 11.1 Å². The molecule has 0 saturated heterocycles. The first-order valence-corrected chi connectivity index (χ1v) is 7.96. The number of sulfonamides is 1. The molecule has 2 aromatic rings. The molecule has 0 bridgehead atoms. The van der Waals surface area contributed by atoms with Crippen molar-refractivity contribution in [3.05, 3.63) is 53.7 Å². The van der Waals surface area contributed by atoms with Gasteiger partial charge in [0.2, 0.25) is 10.0 Å². The number of aromatic nitrogens is 1. The van der Waals surface area contributed by atoms with E-state index >= 15 is 0 Å². The molecule has 0 unspecified atom stereocenters. The number of aliphatic hydroxyl groups excluding tert-OH is 1. The maximum absolute atomic E-state index is 12.4. The average molecular weight is 305 g/mol. The van der Waals surface area contributed by atoms with Gasteiger partial charge in [-0.3, -0.25) is 0 Å². The highest BCUT2D eigenvalue weighted by Crippen LogP contribution is 2.32. The van der Waals surface area contributed by atoms with Gasteiger partial charge in [0.15, 0.2) is 0 Å². The first kappa shape index (κ1) is 14.0. The minimum atomic E-state index is -3.85. The first-order valence-electron chi connectivity index (χ1n) is 6.48. The Kier molecular flexibility index (Phi) is 3.40. The number of aliphatic hydroxyl groups is 1. The van der Waals surface area contributed by atoms with Crippen molar-refractivity contribution in [1.82, 2.24) is 9.71 Å². The number of anilines is 1. The molecule has 3 rings (SSSR count). The third kappa shape index (κ3) is 2.51. The average Bonchev–Trinajstić information content (AvgIpc) is 2.75. The fourth-order valence-electron chi connectivity index (χ4n) is 2.58. The predicted molar refractivity (Wildman–Crippen MR) is 77.9 cm³/mol. The molecule has 4 N–H and O–H groups in total. The Hall–Kier alpha value is -1.96. The minimum Gasteiger partial charge on any atom is -0.391 e. The standard InChI is InChI=1S/C14H15N3O3S/c15-14-12(6-3-7-16-14)21(19,20)17-13-10-5-2-1-4-9(10)8-11(13)18/h1-7,11,13,17-18H,8H2,(H2,15,16)/t11-,13+/m1/s1. The maximum atomic E-state index is 12.4. The van der Waals surface area contributed by atoms with E-state index in [4.69, 9.17) is 5.73 Å². The number of pyridine rings is 1. The van der Waals surface area contributed by atoms with Crippen LogP contribution >= 0.6 is 0 Å². The zero-order chi connectivity index (χ0) is 15.0. The Bertz CT molecular complexity index is 777. The third-order valence-electron chi connectivity index (χ3n) is 3.58. The predicted octanol–water partition coefficient (Wildman–Crippen LogP) is 0.600. The molecule has 0 spiro atoms. The van der Waals surface area contributed by atoms with Gasteiger partial charge in [0.1, 0.15) is 10.7 Å². The highest BCUT2D eigenvalue weighted by Gasteiger charge is 2.34. The van der Waals surface area contributed by atoms with Gasteiger partial charge < -0.3 is 10.8 Å². The van der Waals surface area contributed by atoms with Crippen LogP contribution in [0.25, 0.3) is 0 Å². The van der Waals surface area contributed by atoms with Crippen molar-refractivity contribution < 1.29 is 13.5 Å². The fourth-order valence-corrected chi connectivity index (χ4v) is 3.91. The molecule has 1 aliphatic rings. The van der Waals surface area contributed by atoms with Crippen LogP contribution in [0.5, 0.6) is 0 Å². The summed E-state index contributed by atoms with van der Waals surface area (Å²) in [5.74, 6) is -0.0641. The number of nitrogens with two attached hydrogens (primary N) is 1. The Morgan fingerprint density at radius 2 is 2.00 bits per heavy atom. The molecule has 0 radical (unpaired) electrons. The molecule has 1 aliphatic carbocycles. The molecule has 2 atom stereocenters. The number of hydrogen-bond donors (Lipinski definition) is 3. The van der Waals surface area contributed by atoms with Gasteiger partial charge in [-0.05, 0) is 23.3 Å². The van der Waals surface area contributed by atoms with Crippen molar-refractivity contribution in [2.45, 2.75) is 23.5 Å². The van der Waals surface area contributed by atoms with Crippen molar-refractivity contribution in [3.63, 3.8) is 0 Å². The Morgan fingerprint density at radius 1 is 1.24 bits per heavy atom. The number of benzene rings is 1. The normalized spacial score (nSPS) is 21.2. The summed E-state index contributed by atoms with van der Waals surface area (Å²) in [6.07, 6.45) is 1.05. The van der Waals surface area contributed by atoms with Crippen LogP contribution in [-0.2, 0) is 16.4 Å². The second-order valence-electron chi connectivity index (χ2n) is 4.96. The van der Waals surface area contributed by atoms with Gasteiger partial charge in [-0.1, -0.05) is 24.3 Å². The van der Waals surface area contributed by atoms with Gasteiger partial charge in [-0.25, -0.2) is 18.1 Å². The van der Waals surface area contributed by atoms with Crippen LogP contribution in [0.4, 0.5) is 5.82 Å². The van der Waals surface area contributed by atoms with Crippen molar-refractivity contribution in [2.75, 3.05) is 5.73 Å². The Labute approximate surface area is 122 Å². The maximum Gasteiger partial charge on any atom is 0.244 e. The van der Waals surface area contributed by atoms with E-state index in [1.165, 1.54) is 18.3 Å². The fraction of sp³-hybridized carbons (Fsp3) is 0.214. The molecule has 0 saturated carbocycles. The lowest BCUT2D eigenvalue weighted by Gasteiger charge is -2.18. The molecule has 110 valence electrons. The largest absolute Gasteiger partial charge is 0.391 e. The lowest BCUT2D eigenvalue weighted by Crippen LogP contribution is -2.34. The monoisotopic (exact) mass is 305 g/mol. The molecule has 0 amide bonds. The summed E-state index contributed by atoms with van der Waals surface area (Å²) in [6, 6.07) is 9.59. The van der Waals surface area contributed by atoms with Crippen molar-refractivity contribution in [2.24, 2.45) is 0 Å². The van der Waals surface area contributed by atoms with Gasteiger partial charge in [-0.15, -0.1) is 0 Å². The molecule has 1 heterocycles. The summed E-state index contributed by atoms with van der Waals surface area (Å²) in [4.78, 5) is 3.70. The number of fused-ring (bicyclic) bond motifs is 1. The smallest absolute Gasteiger partial charge is 0.244 e. The van der Waals surface area contributed by atoms with Crippen LogP contribution in [0.1, 0.15) is 17.2 Å². The molecule has 21 heavy (non-hydrogen) atoms. The molecule has 0 fully saturated rings. The zero-order valence-corrected chi connectivity index (χ0v) is 11.9. The van der Waals surface area contributed by atoms with Crippen LogP contribution in [0, 0.1) is 0 Å². The molecule has 1 aromatic carbocycles. The molecular formula is C14H15N3O3S. The summed E-state index contributed by atoms with van der Waals surface area (Å²) < 4.78 is 27.4. The summed E-state index contributed by atoms with van der Waals surface area (Å²) in [7, 11) is -3.85. The van der Waals surface area contributed by atoms with Crippen molar-refractivity contribution >= 4 is 15.8 Å². The summed E-state index contributed by atoms with van der Waals surface area (Å²) in [5.41, 5.74) is 7.35. The van der Waals surface area contributed by atoms with Crippen LogP contribution in [-0.4, -0.2) is 24.6 Å². The van der Waals surface area contributed by atoms with E-state index in [2.05, 4.69) is 9.71 Å². The molecular weight excluding hydrogens is 290 g/mol. The second-order valence-corrected chi connectivity index (χ2v) is 6.64. The first-order chi connectivity index (χ1) is 9.99. The van der Waals surface area contributed by atoms with E-state index in [1.807, 2.05) is 24.3 Å². The second kappa shape index (κ2) is 5.10. The van der Waals surface area contributed by atoms with E-state index < -0.39 is 22.2 Å². The summed E-state index contributed by atoms with van der Waals surface area (Å²) >= 11 is 0. The molecule has 7 heteroatoms. The highest BCUT2D eigenvalue weighted by atomic mass is 32.2. The van der Waals surface area contributed by atoms with E-state index in [9.17, 15) is 13.5 Å². The van der Waals surface area contributed by atoms with Gasteiger partial charge in [-0.2, -0.15) is 0 Å². The van der Waals surface area contributed by atoms with Crippen LogP contribution in [0.15, 0.2) is 47.5 Å². The number of nitrogens with one attached hydrogen (secondary N) is 1. The van der Waals surface area contributed by atoms with E-state index in [-0.39, 0.29) is 10.7 Å². The summed E-state index contributed by atoms with van der Waals surface area (Å²) in [5, 5.41) is 10.1. The van der Waals surface area contributed by atoms with Crippen LogP contribution in [0.3, 0.4) is 0 Å². The SMILES string of the molecule is Nc1ncccc1S(=O)(=O)N[C@H]1c2ccccc2C[C@H]1O. The number of hydrogen-bond acceptors (Lipinski definition) is 5. The van der Waals surface area contributed by atoms with Gasteiger partial charge in [0.05, 0.1) is 12.1 Å².